The highest BCUT2D eigenvalue weighted by molar-refractivity contribution is 7.09. The van der Waals surface area contributed by atoms with Crippen LogP contribution in [-0.2, 0) is 4.79 Å². The van der Waals surface area contributed by atoms with Gasteiger partial charge in [0.1, 0.15) is 10.7 Å². The standard InChI is InChI=1S/C14H21N3O3S/c1-3-14(13(19)20)5-4-6-17(8-14)12(18)10-7-21-11(16-10)9(2)15/h7,9H,3-6,8,15H2,1-2H3,(H,19,20). The zero-order chi connectivity index (χ0) is 15.6. The molecule has 1 saturated heterocycles. The second-order valence-electron chi connectivity index (χ2n) is 5.63. The van der Waals surface area contributed by atoms with Gasteiger partial charge in [-0.2, -0.15) is 0 Å². The van der Waals surface area contributed by atoms with Crippen molar-refractivity contribution in [3.05, 3.63) is 16.1 Å². The zero-order valence-electron chi connectivity index (χ0n) is 12.3. The van der Waals surface area contributed by atoms with Crippen molar-refractivity contribution >= 4 is 23.2 Å². The van der Waals surface area contributed by atoms with Crippen molar-refractivity contribution in [2.24, 2.45) is 11.1 Å². The van der Waals surface area contributed by atoms with E-state index in [1.54, 1.807) is 10.3 Å². The Hall–Kier alpha value is -1.47. The van der Waals surface area contributed by atoms with Gasteiger partial charge in [0, 0.05) is 18.5 Å². The highest BCUT2D eigenvalue weighted by atomic mass is 32.1. The maximum atomic E-state index is 12.5. The smallest absolute Gasteiger partial charge is 0.311 e. The minimum absolute atomic E-state index is 0.197. The van der Waals surface area contributed by atoms with Crippen LogP contribution in [-0.4, -0.2) is 40.0 Å². The number of aliphatic carboxylic acids is 1. The SMILES string of the molecule is CCC1(C(=O)O)CCCN(C(=O)c2csc(C(C)N)n2)C1. The first-order valence-corrected chi connectivity index (χ1v) is 8.01. The van der Waals surface area contributed by atoms with Crippen LogP contribution in [0.15, 0.2) is 5.38 Å². The fourth-order valence-electron chi connectivity index (χ4n) is 2.68. The lowest BCUT2D eigenvalue weighted by Crippen LogP contribution is -2.49. The van der Waals surface area contributed by atoms with Gasteiger partial charge in [-0.25, -0.2) is 4.98 Å². The highest BCUT2D eigenvalue weighted by Gasteiger charge is 2.42. The molecule has 0 aromatic carbocycles. The van der Waals surface area contributed by atoms with Crippen LogP contribution >= 0.6 is 11.3 Å². The lowest BCUT2D eigenvalue weighted by Gasteiger charge is -2.39. The molecule has 1 aliphatic heterocycles. The minimum atomic E-state index is -0.825. The Labute approximate surface area is 128 Å². The molecule has 0 radical (unpaired) electrons. The molecule has 116 valence electrons. The molecular formula is C14H21N3O3S. The number of amides is 1. The fraction of sp³-hybridized carbons (Fsp3) is 0.643. The topological polar surface area (TPSA) is 96.5 Å². The molecule has 2 rings (SSSR count). The van der Waals surface area contributed by atoms with E-state index in [-0.39, 0.29) is 18.5 Å². The first kappa shape index (κ1) is 15.9. The average Bonchev–Trinajstić information content (AvgIpc) is 2.96. The van der Waals surface area contributed by atoms with Crippen molar-refractivity contribution in [2.75, 3.05) is 13.1 Å². The number of hydrogen-bond acceptors (Lipinski definition) is 5. The lowest BCUT2D eigenvalue weighted by atomic mass is 9.77. The van der Waals surface area contributed by atoms with Crippen molar-refractivity contribution in [1.82, 2.24) is 9.88 Å². The summed E-state index contributed by atoms with van der Waals surface area (Å²) in [6.45, 7) is 4.52. The predicted octanol–water partition coefficient (Wildman–Crippen LogP) is 1.88. The molecule has 0 spiro atoms. The molecule has 0 aliphatic carbocycles. The van der Waals surface area contributed by atoms with Crippen molar-refractivity contribution in [1.29, 1.82) is 0 Å². The first-order chi connectivity index (χ1) is 9.89. The van der Waals surface area contributed by atoms with Crippen LogP contribution in [0, 0.1) is 5.41 Å². The molecule has 21 heavy (non-hydrogen) atoms. The summed E-state index contributed by atoms with van der Waals surface area (Å²) >= 11 is 1.36. The van der Waals surface area contributed by atoms with Gasteiger partial charge in [0.2, 0.25) is 0 Å². The van der Waals surface area contributed by atoms with E-state index < -0.39 is 11.4 Å². The zero-order valence-corrected chi connectivity index (χ0v) is 13.2. The third-order valence-corrected chi connectivity index (χ3v) is 5.17. The molecule has 0 bridgehead atoms. The molecule has 2 unspecified atom stereocenters. The lowest BCUT2D eigenvalue weighted by molar-refractivity contribution is -0.152. The highest BCUT2D eigenvalue weighted by Crippen LogP contribution is 2.34. The van der Waals surface area contributed by atoms with Gasteiger partial charge in [-0.05, 0) is 26.2 Å². The molecular weight excluding hydrogens is 290 g/mol. The Morgan fingerprint density at radius 2 is 2.33 bits per heavy atom. The van der Waals surface area contributed by atoms with Gasteiger partial charge in [-0.15, -0.1) is 11.3 Å². The van der Waals surface area contributed by atoms with Crippen molar-refractivity contribution in [3.63, 3.8) is 0 Å². The van der Waals surface area contributed by atoms with E-state index in [9.17, 15) is 14.7 Å². The third-order valence-electron chi connectivity index (χ3n) is 4.13. The number of aromatic nitrogens is 1. The Balaban J connectivity index is 2.16. The molecule has 1 aromatic rings. The van der Waals surface area contributed by atoms with Gasteiger partial charge < -0.3 is 15.7 Å². The van der Waals surface area contributed by atoms with Crippen LogP contribution in [0.4, 0.5) is 0 Å². The molecule has 2 heterocycles. The molecule has 3 N–H and O–H groups in total. The van der Waals surface area contributed by atoms with Gasteiger partial charge in [-0.3, -0.25) is 9.59 Å². The maximum Gasteiger partial charge on any atom is 0.311 e. The van der Waals surface area contributed by atoms with Crippen LogP contribution in [0.25, 0.3) is 0 Å². The van der Waals surface area contributed by atoms with Gasteiger partial charge in [-0.1, -0.05) is 6.92 Å². The van der Waals surface area contributed by atoms with Crippen molar-refractivity contribution in [2.45, 2.75) is 39.2 Å². The number of carbonyl (C=O) groups excluding carboxylic acids is 1. The minimum Gasteiger partial charge on any atom is -0.481 e. The fourth-order valence-corrected chi connectivity index (χ4v) is 3.43. The average molecular weight is 311 g/mol. The number of thiazole rings is 1. The van der Waals surface area contributed by atoms with Crippen LogP contribution in [0.1, 0.15) is 54.6 Å². The number of rotatable bonds is 4. The van der Waals surface area contributed by atoms with E-state index in [0.29, 0.717) is 31.5 Å². The molecule has 6 nitrogen and oxygen atoms in total. The van der Waals surface area contributed by atoms with E-state index in [0.717, 1.165) is 5.01 Å². The van der Waals surface area contributed by atoms with Gasteiger partial charge >= 0.3 is 5.97 Å². The van der Waals surface area contributed by atoms with E-state index in [4.69, 9.17) is 5.73 Å². The summed E-state index contributed by atoms with van der Waals surface area (Å²) in [5.74, 6) is -1.02. The van der Waals surface area contributed by atoms with Gasteiger partial charge in [0.25, 0.3) is 5.91 Å². The van der Waals surface area contributed by atoms with Crippen LogP contribution in [0.5, 0.6) is 0 Å². The summed E-state index contributed by atoms with van der Waals surface area (Å²) in [6.07, 6.45) is 1.84. The molecule has 2 atom stereocenters. The molecule has 7 heteroatoms. The second kappa shape index (κ2) is 6.11. The number of hydrogen-bond donors (Lipinski definition) is 2. The van der Waals surface area contributed by atoms with Gasteiger partial charge in [0.05, 0.1) is 11.5 Å². The number of nitrogens with two attached hydrogens (primary N) is 1. The monoisotopic (exact) mass is 311 g/mol. The van der Waals surface area contributed by atoms with Crippen molar-refractivity contribution < 1.29 is 14.7 Å². The molecule has 1 aliphatic rings. The predicted molar refractivity (Wildman–Crippen MR) is 80.2 cm³/mol. The number of carbonyl (C=O) groups is 2. The molecule has 1 aromatic heterocycles. The van der Waals surface area contributed by atoms with E-state index in [1.807, 2.05) is 13.8 Å². The molecule has 1 fully saturated rings. The maximum absolute atomic E-state index is 12.5. The summed E-state index contributed by atoms with van der Waals surface area (Å²) < 4.78 is 0. The van der Waals surface area contributed by atoms with Gasteiger partial charge in [0.15, 0.2) is 0 Å². The van der Waals surface area contributed by atoms with E-state index >= 15 is 0 Å². The Morgan fingerprint density at radius 1 is 1.62 bits per heavy atom. The summed E-state index contributed by atoms with van der Waals surface area (Å²) in [5, 5.41) is 11.9. The Kier molecular flexibility index (Phi) is 4.63. The quantitative estimate of drug-likeness (QED) is 0.885. The second-order valence-corrected chi connectivity index (χ2v) is 6.52. The molecule has 1 amide bonds. The number of carboxylic acid groups (broad SMARTS) is 1. The first-order valence-electron chi connectivity index (χ1n) is 7.13. The summed E-state index contributed by atoms with van der Waals surface area (Å²) in [7, 11) is 0. The number of piperidine rings is 1. The van der Waals surface area contributed by atoms with Crippen LogP contribution < -0.4 is 5.73 Å². The van der Waals surface area contributed by atoms with E-state index in [2.05, 4.69) is 4.98 Å². The Bertz CT molecular complexity index is 543. The summed E-state index contributed by atoms with van der Waals surface area (Å²) in [6, 6.07) is -0.202. The normalized spacial score (nSPS) is 23.9. The van der Waals surface area contributed by atoms with E-state index in [1.165, 1.54) is 11.3 Å². The molecule has 0 saturated carbocycles. The summed E-state index contributed by atoms with van der Waals surface area (Å²) in [5.41, 5.74) is 5.30. The van der Waals surface area contributed by atoms with Crippen LogP contribution in [0.2, 0.25) is 0 Å². The van der Waals surface area contributed by atoms with Crippen molar-refractivity contribution in [3.8, 4) is 0 Å². The summed E-state index contributed by atoms with van der Waals surface area (Å²) in [4.78, 5) is 29.9. The number of nitrogens with zero attached hydrogens (tertiary/aromatic N) is 2. The third kappa shape index (κ3) is 3.08. The number of likely N-dealkylation sites (tertiary alicyclic amines) is 1. The largest absolute Gasteiger partial charge is 0.481 e. The Morgan fingerprint density at radius 3 is 2.86 bits per heavy atom. The number of carboxylic acids is 1. The van der Waals surface area contributed by atoms with Crippen LogP contribution in [0.3, 0.4) is 0 Å².